The van der Waals surface area contributed by atoms with Crippen molar-refractivity contribution in [1.82, 2.24) is 4.90 Å². The molecule has 1 fully saturated rings. The lowest BCUT2D eigenvalue weighted by Gasteiger charge is -2.33. The summed E-state index contributed by atoms with van der Waals surface area (Å²) in [6.45, 7) is 6.35. The first-order chi connectivity index (χ1) is 10.1. The first-order valence-electron chi connectivity index (χ1n) is 7.31. The van der Waals surface area contributed by atoms with E-state index in [4.69, 9.17) is 13.8 Å². The molecule has 0 aromatic carbocycles. The summed E-state index contributed by atoms with van der Waals surface area (Å²) in [6, 6.07) is 0. The van der Waals surface area contributed by atoms with Crippen molar-refractivity contribution in [2.24, 2.45) is 5.92 Å². The Bertz CT molecular complexity index is 443. The fourth-order valence-corrected chi connectivity index (χ4v) is 3.28. The van der Waals surface area contributed by atoms with Crippen molar-refractivity contribution in [1.29, 1.82) is 0 Å². The zero-order chi connectivity index (χ0) is 17.0. The van der Waals surface area contributed by atoms with Crippen LogP contribution in [-0.4, -0.2) is 55.8 Å². The number of carbonyl (C=O) groups excluding carboxylic acids is 2. The van der Waals surface area contributed by atoms with E-state index in [-0.39, 0.29) is 24.0 Å². The molecule has 1 rings (SSSR count). The van der Waals surface area contributed by atoms with Crippen LogP contribution in [0.5, 0.6) is 0 Å². The molecule has 0 unspecified atom stereocenters. The topological polar surface area (TPSA) is 82.1 Å². The maximum Gasteiger partial charge on any atom is 0.410 e. The van der Waals surface area contributed by atoms with Crippen molar-refractivity contribution in [2.75, 3.05) is 33.5 Å². The van der Waals surface area contributed by atoms with Crippen molar-refractivity contribution in [2.45, 2.75) is 39.2 Å². The van der Waals surface area contributed by atoms with Crippen molar-refractivity contribution < 1.29 is 27.9 Å². The molecule has 1 aliphatic rings. The summed E-state index contributed by atoms with van der Waals surface area (Å²) in [6.07, 6.45) is 0.478. The van der Waals surface area contributed by atoms with Gasteiger partial charge in [-0.05, 0) is 33.6 Å². The predicted octanol–water partition coefficient (Wildman–Crippen LogP) is 2.69. The SMILES string of the molecule is COP(=O)(CC(=O)C1CCN(C(=O)OC(C)(C)C)CC1)OC. The van der Waals surface area contributed by atoms with Gasteiger partial charge in [0.15, 0.2) is 0 Å². The Balaban J connectivity index is 2.50. The van der Waals surface area contributed by atoms with Crippen LogP contribution < -0.4 is 0 Å². The molecular weight excluding hydrogens is 309 g/mol. The number of ether oxygens (including phenoxy) is 1. The molecule has 1 aliphatic heterocycles. The molecule has 0 spiro atoms. The van der Waals surface area contributed by atoms with Gasteiger partial charge >= 0.3 is 13.7 Å². The zero-order valence-corrected chi connectivity index (χ0v) is 14.9. The lowest BCUT2D eigenvalue weighted by molar-refractivity contribution is -0.122. The van der Waals surface area contributed by atoms with Gasteiger partial charge in [0.25, 0.3) is 0 Å². The third-order valence-corrected chi connectivity index (χ3v) is 5.32. The maximum atomic E-state index is 12.2. The average Bonchev–Trinajstić information content (AvgIpc) is 2.45. The summed E-state index contributed by atoms with van der Waals surface area (Å²) in [5, 5.41) is 0. The Morgan fingerprint density at radius 2 is 1.64 bits per heavy atom. The van der Waals surface area contributed by atoms with Gasteiger partial charge in [0, 0.05) is 33.2 Å². The maximum absolute atomic E-state index is 12.2. The number of nitrogens with zero attached hydrogens (tertiary/aromatic N) is 1. The Hall–Kier alpha value is -0.910. The van der Waals surface area contributed by atoms with E-state index in [2.05, 4.69) is 0 Å². The fraction of sp³-hybridized carbons (Fsp3) is 0.857. The van der Waals surface area contributed by atoms with Crippen LogP contribution >= 0.6 is 7.60 Å². The Kier molecular flexibility index (Phi) is 6.59. The summed E-state index contributed by atoms with van der Waals surface area (Å²) < 4.78 is 26.9. The molecule has 0 aliphatic carbocycles. The van der Waals surface area contributed by atoms with Gasteiger partial charge in [0.05, 0.1) is 0 Å². The lowest BCUT2D eigenvalue weighted by atomic mass is 9.93. The number of amides is 1. The molecule has 8 heteroatoms. The summed E-state index contributed by atoms with van der Waals surface area (Å²) >= 11 is 0. The third kappa shape index (κ3) is 5.71. The highest BCUT2D eigenvalue weighted by atomic mass is 31.2. The number of ketones is 1. The van der Waals surface area contributed by atoms with Gasteiger partial charge in [-0.15, -0.1) is 0 Å². The Morgan fingerprint density at radius 3 is 2.05 bits per heavy atom. The number of hydrogen-bond donors (Lipinski definition) is 0. The number of hydrogen-bond acceptors (Lipinski definition) is 6. The zero-order valence-electron chi connectivity index (χ0n) is 14.0. The van der Waals surface area contributed by atoms with Gasteiger partial charge in [-0.3, -0.25) is 9.36 Å². The second-order valence-electron chi connectivity index (χ2n) is 6.34. The summed E-state index contributed by atoms with van der Waals surface area (Å²) in [5.41, 5.74) is -0.534. The summed E-state index contributed by atoms with van der Waals surface area (Å²) in [4.78, 5) is 25.7. The van der Waals surface area contributed by atoms with Gasteiger partial charge in [-0.25, -0.2) is 4.79 Å². The molecule has 22 heavy (non-hydrogen) atoms. The van der Waals surface area contributed by atoms with Gasteiger partial charge in [0.2, 0.25) is 0 Å². The highest BCUT2D eigenvalue weighted by Crippen LogP contribution is 2.47. The van der Waals surface area contributed by atoms with Crippen LogP contribution in [0.1, 0.15) is 33.6 Å². The largest absolute Gasteiger partial charge is 0.444 e. The molecule has 128 valence electrons. The van der Waals surface area contributed by atoms with Crippen molar-refractivity contribution in [3.63, 3.8) is 0 Å². The van der Waals surface area contributed by atoms with E-state index in [1.807, 2.05) is 20.8 Å². The van der Waals surface area contributed by atoms with E-state index < -0.39 is 13.2 Å². The monoisotopic (exact) mass is 335 g/mol. The predicted molar refractivity (Wildman–Crippen MR) is 82.0 cm³/mol. The van der Waals surface area contributed by atoms with Gasteiger partial charge in [-0.1, -0.05) is 0 Å². The Morgan fingerprint density at radius 1 is 1.14 bits per heavy atom. The molecular formula is C14H26NO6P. The highest BCUT2D eigenvalue weighted by molar-refractivity contribution is 7.54. The van der Waals surface area contributed by atoms with Gasteiger partial charge in [-0.2, -0.15) is 0 Å². The molecule has 0 atom stereocenters. The highest BCUT2D eigenvalue weighted by Gasteiger charge is 2.34. The third-order valence-electron chi connectivity index (χ3n) is 3.51. The standard InChI is InChI=1S/C14H26NO6P/c1-14(2,3)21-13(17)15-8-6-11(7-9-15)12(16)10-22(18,19-4)20-5/h11H,6-10H2,1-5H3. The average molecular weight is 335 g/mol. The first-order valence-corrected chi connectivity index (χ1v) is 9.04. The molecule has 0 aromatic rings. The number of rotatable bonds is 5. The molecule has 0 aromatic heterocycles. The Labute approximate surface area is 131 Å². The van der Waals surface area contributed by atoms with Crippen molar-refractivity contribution >= 4 is 19.5 Å². The van der Waals surface area contributed by atoms with Gasteiger partial charge < -0.3 is 18.7 Å². The van der Waals surface area contributed by atoms with Crippen LogP contribution in [0.3, 0.4) is 0 Å². The molecule has 1 amide bonds. The molecule has 1 saturated heterocycles. The molecule has 0 radical (unpaired) electrons. The molecule has 7 nitrogen and oxygen atoms in total. The fourth-order valence-electron chi connectivity index (χ4n) is 2.23. The van der Waals surface area contributed by atoms with E-state index in [0.29, 0.717) is 25.9 Å². The van der Waals surface area contributed by atoms with Gasteiger partial charge in [0.1, 0.15) is 17.5 Å². The second-order valence-corrected chi connectivity index (χ2v) is 8.61. The van der Waals surface area contributed by atoms with Crippen LogP contribution in [0.15, 0.2) is 0 Å². The lowest BCUT2D eigenvalue weighted by Crippen LogP contribution is -2.43. The number of piperidine rings is 1. The van der Waals surface area contributed by atoms with Crippen LogP contribution in [0, 0.1) is 5.92 Å². The second kappa shape index (κ2) is 7.57. The van der Waals surface area contributed by atoms with Crippen molar-refractivity contribution in [3.8, 4) is 0 Å². The van der Waals surface area contributed by atoms with E-state index in [9.17, 15) is 14.2 Å². The first kappa shape index (κ1) is 19.1. The minimum atomic E-state index is -3.32. The van der Waals surface area contributed by atoms with Crippen LogP contribution in [-0.2, 0) is 23.1 Å². The van der Waals surface area contributed by atoms with E-state index >= 15 is 0 Å². The normalized spacial score (nSPS) is 17.4. The van der Waals surface area contributed by atoms with Crippen LogP contribution in [0.2, 0.25) is 0 Å². The number of likely N-dealkylation sites (tertiary alicyclic amines) is 1. The number of Topliss-reactive ketones (excluding diaryl/α,β-unsaturated/α-hetero) is 1. The van der Waals surface area contributed by atoms with E-state index in [1.54, 1.807) is 4.90 Å². The summed E-state index contributed by atoms with van der Waals surface area (Å²) in [5.74, 6) is -0.367. The number of carbonyl (C=O) groups is 2. The van der Waals surface area contributed by atoms with E-state index in [1.165, 1.54) is 14.2 Å². The molecule has 0 saturated carbocycles. The molecule has 0 bridgehead atoms. The van der Waals surface area contributed by atoms with Crippen molar-refractivity contribution in [3.05, 3.63) is 0 Å². The van der Waals surface area contributed by atoms with E-state index in [0.717, 1.165) is 0 Å². The minimum absolute atomic E-state index is 0.143. The smallest absolute Gasteiger partial charge is 0.410 e. The molecule has 0 N–H and O–H groups in total. The van der Waals surface area contributed by atoms with Crippen LogP contribution in [0.25, 0.3) is 0 Å². The van der Waals surface area contributed by atoms with Crippen LogP contribution in [0.4, 0.5) is 4.79 Å². The summed E-state index contributed by atoms with van der Waals surface area (Å²) in [7, 11) is -0.788. The molecule has 1 heterocycles. The minimum Gasteiger partial charge on any atom is -0.444 e. The quantitative estimate of drug-likeness (QED) is 0.719.